The molecular weight excluding hydrogens is 304 g/mol. The number of nitrogens with zero attached hydrogens (tertiary/aromatic N) is 3. The maximum atomic E-state index is 5.58. The lowest BCUT2D eigenvalue weighted by molar-refractivity contribution is 0.936. The van der Waals surface area contributed by atoms with Crippen LogP contribution in [-0.4, -0.2) is 20.9 Å². The molecule has 0 aliphatic heterocycles. The highest BCUT2D eigenvalue weighted by Crippen LogP contribution is 2.30. The molecule has 4 nitrogen and oxygen atoms in total. The highest BCUT2D eigenvalue weighted by molar-refractivity contribution is 9.10. The summed E-state index contributed by atoms with van der Waals surface area (Å²) in [6.07, 6.45) is 6.37. The Hall–Kier alpha value is -1.72. The third kappa shape index (κ3) is 2.27. The number of imidazole rings is 1. The lowest BCUT2D eigenvalue weighted by atomic mass is 10.1. The van der Waals surface area contributed by atoms with Crippen molar-refractivity contribution in [2.75, 3.05) is 6.54 Å². The van der Waals surface area contributed by atoms with Crippen LogP contribution in [0.4, 0.5) is 0 Å². The van der Waals surface area contributed by atoms with Crippen molar-refractivity contribution in [1.29, 1.82) is 0 Å². The standard InChI is InChI=1S/C14H13BrN4/c15-13-4-2-1-3-11(13)12-7-17-9-19-8-10(5-6-16)18-14(12)19/h1-4,7-9H,5-6,16H2. The quantitative estimate of drug-likeness (QED) is 0.808. The van der Waals surface area contributed by atoms with Crippen LogP contribution in [0.2, 0.25) is 0 Å². The van der Waals surface area contributed by atoms with Gasteiger partial charge in [-0.2, -0.15) is 0 Å². The molecule has 2 heterocycles. The van der Waals surface area contributed by atoms with Crippen LogP contribution in [0.25, 0.3) is 16.8 Å². The van der Waals surface area contributed by atoms with E-state index in [9.17, 15) is 0 Å². The predicted molar refractivity (Wildman–Crippen MR) is 78.9 cm³/mol. The summed E-state index contributed by atoms with van der Waals surface area (Å²) in [5.41, 5.74) is 9.58. The first-order chi connectivity index (χ1) is 9.29. The number of benzene rings is 1. The summed E-state index contributed by atoms with van der Waals surface area (Å²) < 4.78 is 2.98. The van der Waals surface area contributed by atoms with Crippen molar-refractivity contribution < 1.29 is 0 Å². The number of fused-ring (bicyclic) bond motifs is 1. The highest BCUT2D eigenvalue weighted by Gasteiger charge is 2.10. The summed E-state index contributed by atoms with van der Waals surface area (Å²) in [7, 11) is 0. The molecule has 0 saturated carbocycles. The summed E-state index contributed by atoms with van der Waals surface area (Å²) in [5, 5.41) is 0. The second-order valence-electron chi connectivity index (χ2n) is 4.29. The molecule has 1 aromatic carbocycles. The summed E-state index contributed by atoms with van der Waals surface area (Å²) in [4.78, 5) is 8.92. The zero-order valence-corrected chi connectivity index (χ0v) is 11.8. The Labute approximate surface area is 119 Å². The van der Waals surface area contributed by atoms with Gasteiger partial charge in [0.15, 0.2) is 0 Å². The van der Waals surface area contributed by atoms with Crippen LogP contribution in [-0.2, 0) is 6.42 Å². The molecule has 19 heavy (non-hydrogen) atoms. The van der Waals surface area contributed by atoms with Crippen molar-refractivity contribution in [1.82, 2.24) is 14.4 Å². The minimum atomic E-state index is 0.599. The van der Waals surface area contributed by atoms with Gasteiger partial charge in [-0.25, -0.2) is 9.97 Å². The number of rotatable bonds is 3. The Morgan fingerprint density at radius 2 is 2.05 bits per heavy atom. The molecular formula is C14H13BrN4. The van der Waals surface area contributed by atoms with Crippen molar-refractivity contribution in [2.24, 2.45) is 5.73 Å². The lowest BCUT2D eigenvalue weighted by Crippen LogP contribution is -2.02. The van der Waals surface area contributed by atoms with Gasteiger partial charge in [-0.05, 0) is 12.6 Å². The fourth-order valence-corrected chi connectivity index (χ4v) is 2.61. The van der Waals surface area contributed by atoms with Crippen LogP contribution < -0.4 is 5.73 Å². The largest absolute Gasteiger partial charge is 0.330 e. The molecule has 0 amide bonds. The van der Waals surface area contributed by atoms with Gasteiger partial charge < -0.3 is 5.73 Å². The molecule has 5 heteroatoms. The average Bonchev–Trinajstić information content (AvgIpc) is 2.82. The Kier molecular flexibility index (Phi) is 3.31. The van der Waals surface area contributed by atoms with Crippen LogP contribution in [0.5, 0.6) is 0 Å². The Morgan fingerprint density at radius 1 is 1.21 bits per heavy atom. The Balaban J connectivity index is 2.21. The maximum Gasteiger partial charge on any atom is 0.147 e. The summed E-state index contributed by atoms with van der Waals surface area (Å²) >= 11 is 3.57. The molecule has 0 aliphatic rings. The number of hydrogen-bond donors (Lipinski definition) is 1. The molecule has 96 valence electrons. The van der Waals surface area contributed by atoms with E-state index in [0.29, 0.717) is 6.54 Å². The molecule has 3 aromatic rings. The summed E-state index contributed by atoms with van der Waals surface area (Å²) in [6.45, 7) is 0.599. The monoisotopic (exact) mass is 316 g/mol. The van der Waals surface area contributed by atoms with Crippen molar-refractivity contribution in [3.8, 4) is 11.1 Å². The average molecular weight is 317 g/mol. The number of halogens is 1. The fraction of sp³-hybridized carbons (Fsp3) is 0.143. The number of nitrogens with two attached hydrogens (primary N) is 1. The minimum absolute atomic E-state index is 0.599. The van der Waals surface area contributed by atoms with Crippen molar-refractivity contribution in [2.45, 2.75) is 6.42 Å². The topological polar surface area (TPSA) is 56.2 Å². The Bertz CT molecular complexity index is 720. The third-order valence-electron chi connectivity index (χ3n) is 2.98. The molecule has 2 aromatic heterocycles. The predicted octanol–water partition coefficient (Wildman–Crippen LogP) is 2.66. The molecule has 3 rings (SSSR count). The van der Waals surface area contributed by atoms with Crippen molar-refractivity contribution >= 4 is 21.6 Å². The number of hydrogen-bond acceptors (Lipinski definition) is 3. The summed E-state index contributed by atoms with van der Waals surface area (Å²) in [6, 6.07) is 8.07. The molecule has 0 radical (unpaired) electrons. The first-order valence-corrected chi connectivity index (χ1v) is 6.85. The van der Waals surface area contributed by atoms with E-state index in [1.54, 1.807) is 6.33 Å². The normalized spacial score (nSPS) is 11.1. The molecule has 0 atom stereocenters. The number of aromatic nitrogens is 3. The van der Waals surface area contributed by atoms with Crippen LogP contribution in [0, 0.1) is 0 Å². The molecule has 0 saturated heterocycles. The van der Waals surface area contributed by atoms with Crippen molar-refractivity contribution in [3.05, 3.63) is 53.2 Å². The molecule has 0 spiro atoms. The van der Waals surface area contributed by atoms with Crippen LogP contribution in [0.3, 0.4) is 0 Å². The zero-order chi connectivity index (χ0) is 13.2. The fourth-order valence-electron chi connectivity index (χ4n) is 2.11. The van der Waals surface area contributed by atoms with Crippen LogP contribution >= 0.6 is 15.9 Å². The smallest absolute Gasteiger partial charge is 0.147 e. The van der Waals surface area contributed by atoms with Crippen molar-refractivity contribution in [3.63, 3.8) is 0 Å². The van der Waals surface area contributed by atoms with Gasteiger partial charge in [0.25, 0.3) is 0 Å². The second kappa shape index (κ2) is 5.11. The SMILES string of the molecule is NCCc1cn2cncc(-c3ccccc3Br)c2n1. The summed E-state index contributed by atoms with van der Waals surface area (Å²) in [5.74, 6) is 0. The molecule has 0 unspecified atom stereocenters. The van der Waals surface area contributed by atoms with Gasteiger partial charge in [-0.3, -0.25) is 4.40 Å². The molecule has 2 N–H and O–H groups in total. The van der Waals surface area contributed by atoms with E-state index < -0.39 is 0 Å². The van der Waals surface area contributed by atoms with Gasteiger partial charge >= 0.3 is 0 Å². The van der Waals surface area contributed by atoms with Gasteiger partial charge in [0.2, 0.25) is 0 Å². The zero-order valence-electron chi connectivity index (χ0n) is 10.3. The van der Waals surface area contributed by atoms with E-state index in [1.165, 1.54) is 0 Å². The van der Waals surface area contributed by atoms with Gasteiger partial charge in [-0.1, -0.05) is 34.1 Å². The van der Waals surface area contributed by atoms with Gasteiger partial charge in [-0.15, -0.1) is 0 Å². The van der Waals surface area contributed by atoms with Gasteiger partial charge in [0.05, 0.1) is 5.69 Å². The maximum absolute atomic E-state index is 5.58. The molecule has 0 fully saturated rings. The van der Waals surface area contributed by atoms with E-state index in [2.05, 4.69) is 32.0 Å². The van der Waals surface area contributed by atoms with E-state index in [-0.39, 0.29) is 0 Å². The molecule has 0 aliphatic carbocycles. The van der Waals surface area contributed by atoms with E-state index >= 15 is 0 Å². The third-order valence-corrected chi connectivity index (χ3v) is 3.67. The second-order valence-corrected chi connectivity index (χ2v) is 5.14. The van der Waals surface area contributed by atoms with E-state index in [0.717, 1.165) is 33.4 Å². The molecule has 0 bridgehead atoms. The van der Waals surface area contributed by atoms with Gasteiger partial charge in [0.1, 0.15) is 12.0 Å². The van der Waals surface area contributed by atoms with Gasteiger partial charge in [0, 0.05) is 34.4 Å². The van der Waals surface area contributed by atoms with E-state index in [4.69, 9.17) is 5.73 Å². The van der Waals surface area contributed by atoms with Crippen LogP contribution in [0.15, 0.2) is 47.5 Å². The first kappa shape index (κ1) is 12.3. The van der Waals surface area contributed by atoms with Crippen LogP contribution in [0.1, 0.15) is 5.69 Å². The highest BCUT2D eigenvalue weighted by atomic mass is 79.9. The lowest BCUT2D eigenvalue weighted by Gasteiger charge is -2.05. The first-order valence-electron chi connectivity index (χ1n) is 6.06. The Morgan fingerprint density at radius 3 is 2.84 bits per heavy atom. The van der Waals surface area contributed by atoms with E-state index in [1.807, 2.05) is 35.0 Å². The minimum Gasteiger partial charge on any atom is -0.330 e.